The fourth-order valence-corrected chi connectivity index (χ4v) is 1.90. The third-order valence-electron chi connectivity index (χ3n) is 3.18. The first-order chi connectivity index (χ1) is 11.0. The van der Waals surface area contributed by atoms with Crippen LogP contribution in [0.3, 0.4) is 0 Å². The van der Waals surface area contributed by atoms with Crippen LogP contribution in [0.1, 0.15) is 32.0 Å². The van der Waals surface area contributed by atoms with Crippen molar-refractivity contribution in [3.05, 3.63) is 46.0 Å². The summed E-state index contributed by atoms with van der Waals surface area (Å²) in [6.45, 7) is 5.13. The summed E-state index contributed by atoms with van der Waals surface area (Å²) in [5.41, 5.74) is -2.29. The molecule has 0 aliphatic carbocycles. The van der Waals surface area contributed by atoms with E-state index in [0.29, 0.717) is 16.3 Å². The van der Waals surface area contributed by atoms with E-state index in [2.05, 4.69) is 10.5 Å². The molecule has 2 aromatic rings. The summed E-state index contributed by atoms with van der Waals surface area (Å²) < 4.78 is 43.7. The van der Waals surface area contributed by atoms with E-state index in [1.807, 2.05) is 20.8 Å². The van der Waals surface area contributed by atoms with Crippen molar-refractivity contribution in [2.24, 2.45) is 0 Å². The maximum Gasteiger partial charge on any atom is 0.421 e. The molecule has 2 aromatic heterocycles. The molecule has 2 heterocycles. The fourth-order valence-electron chi connectivity index (χ4n) is 1.90. The molecule has 130 valence electrons. The Morgan fingerprint density at radius 3 is 2.54 bits per heavy atom. The van der Waals surface area contributed by atoms with Gasteiger partial charge in [-0.1, -0.05) is 25.9 Å². The quantitative estimate of drug-likeness (QED) is 0.930. The maximum atomic E-state index is 12.7. The minimum atomic E-state index is -4.77. The van der Waals surface area contributed by atoms with Gasteiger partial charge in [0.2, 0.25) is 11.8 Å². The first-order valence-electron chi connectivity index (χ1n) is 7.02. The van der Waals surface area contributed by atoms with Crippen molar-refractivity contribution in [3.8, 4) is 0 Å². The molecule has 0 unspecified atom stereocenters. The van der Waals surface area contributed by atoms with Crippen LogP contribution in [-0.4, -0.2) is 15.6 Å². The number of pyridine rings is 1. The van der Waals surface area contributed by atoms with E-state index in [0.717, 1.165) is 12.3 Å². The normalized spacial score (nSPS) is 12.2. The molecule has 1 N–H and O–H groups in total. The van der Waals surface area contributed by atoms with Gasteiger partial charge >= 0.3 is 6.18 Å². The average Bonchev–Trinajstić information content (AvgIpc) is 2.88. The topological polar surface area (TPSA) is 77.1 Å². The summed E-state index contributed by atoms with van der Waals surface area (Å²) in [5.74, 6) is -0.641. The Kier molecular flexibility index (Phi) is 4.54. The lowest BCUT2D eigenvalue weighted by molar-refractivity contribution is -0.139. The Hall–Kier alpha value is -2.58. The van der Waals surface area contributed by atoms with Gasteiger partial charge in [0.05, 0.1) is 5.69 Å². The minimum Gasteiger partial charge on any atom is -0.338 e. The van der Waals surface area contributed by atoms with Crippen molar-refractivity contribution >= 4 is 11.8 Å². The molecule has 24 heavy (non-hydrogen) atoms. The van der Waals surface area contributed by atoms with E-state index in [4.69, 9.17) is 4.52 Å². The van der Waals surface area contributed by atoms with Crippen LogP contribution in [0.25, 0.3) is 0 Å². The third-order valence-corrected chi connectivity index (χ3v) is 3.18. The maximum absolute atomic E-state index is 12.7. The Labute approximate surface area is 135 Å². The lowest BCUT2D eigenvalue weighted by Crippen LogP contribution is -2.31. The molecular formula is C15H16F3N3O3. The molecule has 0 aromatic carbocycles. The lowest BCUT2D eigenvalue weighted by Gasteiger charge is -2.12. The molecule has 0 spiro atoms. The highest BCUT2D eigenvalue weighted by molar-refractivity contribution is 5.89. The Balaban J connectivity index is 2.14. The van der Waals surface area contributed by atoms with Gasteiger partial charge in [-0.25, -0.2) is 0 Å². The van der Waals surface area contributed by atoms with Gasteiger partial charge in [-0.05, 0) is 12.1 Å². The summed E-state index contributed by atoms with van der Waals surface area (Å²) in [5, 5.41) is 6.16. The zero-order chi connectivity index (χ0) is 18.1. The van der Waals surface area contributed by atoms with Gasteiger partial charge in [0.1, 0.15) is 12.1 Å². The third kappa shape index (κ3) is 4.03. The molecule has 1 amide bonds. The number of anilines is 1. The molecule has 0 radical (unpaired) electrons. The second-order valence-electron chi connectivity index (χ2n) is 6.23. The number of carbonyl (C=O) groups excluding carboxylic acids is 1. The first-order valence-corrected chi connectivity index (χ1v) is 7.02. The molecule has 6 nitrogen and oxygen atoms in total. The highest BCUT2D eigenvalue weighted by Gasteiger charge is 2.34. The van der Waals surface area contributed by atoms with E-state index >= 15 is 0 Å². The molecule has 0 saturated heterocycles. The number of carbonyl (C=O) groups is 1. The van der Waals surface area contributed by atoms with Crippen molar-refractivity contribution in [3.63, 3.8) is 0 Å². The van der Waals surface area contributed by atoms with Gasteiger partial charge in [0.15, 0.2) is 0 Å². The molecule has 2 rings (SSSR count). The van der Waals surface area contributed by atoms with Crippen molar-refractivity contribution < 1.29 is 22.5 Å². The average molecular weight is 343 g/mol. The number of rotatable bonds is 3. The number of halogens is 3. The predicted molar refractivity (Wildman–Crippen MR) is 79.5 cm³/mol. The largest absolute Gasteiger partial charge is 0.421 e. The van der Waals surface area contributed by atoms with Crippen LogP contribution in [0.2, 0.25) is 0 Å². The van der Waals surface area contributed by atoms with Crippen LogP contribution in [0.15, 0.2) is 33.7 Å². The summed E-state index contributed by atoms with van der Waals surface area (Å²) in [4.78, 5) is 23.7. The molecular weight excluding hydrogens is 327 g/mol. The van der Waals surface area contributed by atoms with Crippen LogP contribution in [0.4, 0.5) is 19.1 Å². The van der Waals surface area contributed by atoms with Crippen LogP contribution < -0.4 is 10.9 Å². The molecule has 9 heteroatoms. The van der Waals surface area contributed by atoms with E-state index in [1.165, 1.54) is 6.07 Å². The van der Waals surface area contributed by atoms with E-state index in [-0.39, 0.29) is 11.3 Å². The fraction of sp³-hybridized carbons (Fsp3) is 0.400. The van der Waals surface area contributed by atoms with Gasteiger partial charge in [0, 0.05) is 17.7 Å². The summed E-state index contributed by atoms with van der Waals surface area (Å²) >= 11 is 0. The van der Waals surface area contributed by atoms with Gasteiger partial charge < -0.3 is 9.09 Å². The molecule has 0 fully saturated rings. The number of hydrogen-bond donors (Lipinski definition) is 1. The van der Waals surface area contributed by atoms with E-state index < -0.39 is 29.8 Å². The summed E-state index contributed by atoms with van der Waals surface area (Å²) in [7, 11) is 0. The standard InChI is InChI=1S/C15H16F3N3O3/c1-14(2,3)10-7-12(24-20-10)19-11(22)8-21-6-4-5-9(13(21)23)15(16,17)18/h4-7H,8H2,1-3H3,(H,19,22). The second kappa shape index (κ2) is 6.14. The van der Waals surface area contributed by atoms with Crippen molar-refractivity contribution in [2.75, 3.05) is 5.32 Å². The molecule has 0 bridgehead atoms. The Bertz CT molecular complexity index is 801. The molecule has 0 aliphatic heterocycles. The van der Waals surface area contributed by atoms with E-state index in [9.17, 15) is 22.8 Å². The van der Waals surface area contributed by atoms with Crippen molar-refractivity contribution in [2.45, 2.75) is 38.9 Å². The summed E-state index contributed by atoms with van der Waals surface area (Å²) in [6, 6.07) is 3.25. The molecule has 0 saturated carbocycles. The second-order valence-corrected chi connectivity index (χ2v) is 6.23. The number of aromatic nitrogens is 2. The van der Waals surface area contributed by atoms with Gasteiger partial charge in [-0.15, -0.1) is 0 Å². The number of alkyl halides is 3. The predicted octanol–water partition coefficient (Wildman–Crippen LogP) is 2.79. The highest BCUT2D eigenvalue weighted by Crippen LogP contribution is 2.26. The monoisotopic (exact) mass is 343 g/mol. The number of amides is 1. The van der Waals surface area contributed by atoms with Crippen LogP contribution in [0.5, 0.6) is 0 Å². The van der Waals surface area contributed by atoms with Crippen LogP contribution >= 0.6 is 0 Å². The molecule has 0 atom stereocenters. The minimum absolute atomic E-state index is 0.0601. The van der Waals surface area contributed by atoms with Crippen molar-refractivity contribution in [1.82, 2.24) is 9.72 Å². The Morgan fingerprint density at radius 1 is 1.33 bits per heavy atom. The van der Waals surface area contributed by atoms with Gasteiger partial charge in [0.25, 0.3) is 5.56 Å². The Morgan fingerprint density at radius 2 is 2.00 bits per heavy atom. The van der Waals surface area contributed by atoms with Crippen LogP contribution in [0, 0.1) is 0 Å². The number of nitrogens with zero attached hydrogens (tertiary/aromatic N) is 2. The first kappa shape index (κ1) is 17.8. The summed E-state index contributed by atoms with van der Waals surface area (Å²) in [6.07, 6.45) is -3.67. The van der Waals surface area contributed by atoms with Crippen molar-refractivity contribution in [1.29, 1.82) is 0 Å². The SMILES string of the molecule is CC(C)(C)c1cc(NC(=O)Cn2cccc(C(F)(F)F)c2=O)on1. The number of nitrogens with one attached hydrogen (secondary N) is 1. The lowest BCUT2D eigenvalue weighted by atomic mass is 9.92. The smallest absolute Gasteiger partial charge is 0.338 e. The van der Waals surface area contributed by atoms with Crippen LogP contribution in [-0.2, 0) is 22.9 Å². The molecule has 0 aliphatic rings. The zero-order valence-electron chi connectivity index (χ0n) is 13.3. The van der Waals surface area contributed by atoms with Gasteiger partial charge in [-0.3, -0.25) is 14.9 Å². The zero-order valence-corrected chi connectivity index (χ0v) is 13.3. The van der Waals surface area contributed by atoms with E-state index in [1.54, 1.807) is 0 Å². The number of hydrogen-bond acceptors (Lipinski definition) is 4. The highest BCUT2D eigenvalue weighted by atomic mass is 19.4. The van der Waals surface area contributed by atoms with Gasteiger partial charge in [-0.2, -0.15) is 13.2 Å².